The number of benzene rings is 1. The number of carbonyl (C=O) groups excluding carboxylic acids is 1. The van der Waals surface area contributed by atoms with Crippen LogP contribution in [-0.4, -0.2) is 18.0 Å². The molecule has 0 radical (unpaired) electrons. The topological polar surface area (TPSA) is 38.3 Å². The molecule has 3 nitrogen and oxygen atoms in total. The Bertz CT molecular complexity index is 416. The zero-order valence-electron chi connectivity index (χ0n) is 11.0. The van der Waals surface area contributed by atoms with Gasteiger partial charge in [0.05, 0.1) is 0 Å². The fourth-order valence-electron chi connectivity index (χ4n) is 2.52. The molecule has 1 aromatic rings. The maximum absolute atomic E-state index is 12.1. The Morgan fingerprint density at radius 3 is 2.84 bits per heavy atom. The fraction of sp³-hybridized carbons (Fsp3) is 0.533. The van der Waals surface area contributed by atoms with Crippen LogP contribution >= 0.6 is 15.9 Å². The summed E-state index contributed by atoms with van der Waals surface area (Å²) in [6.45, 7) is 0.794. The minimum absolute atomic E-state index is 0.00871. The second-order valence-electron chi connectivity index (χ2n) is 5.00. The second kappa shape index (κ2) is 7.53. The van der Waals surface area contributed by atoms with E-state index in [0.29, 0.717) is 22.7 Å². The maximum Gasteiger partial charge on any atom is 0.251 e. The Balaban J connectivity index is 1.86. The zero-order valence-corrected chi connectivity index (χ0v) is 12.6. The number of rotatable bonds is 5. The van der Waals surface area contributed by atoms with E-state index in [2.05, 4.69) is 21.2 Å². The largest absolute Gasteiger partial charge is 0.482 e. The summed E-state index contributed by atoms with van der Waals surface area (Å²) in [6, 6.07) is 7.28. The predicted octanol–water partition coefficient (Wildman–Crippen LogP) is 3.73. The molecule has 0 atom stereocenters. The number of amides is 1. The number of ether oxygens (including phenoxy) is 1. The standard InChI is InChI=1S/C15H20BrNO2/c16-11-19-14-8-4-7-13(9-14)15(18)17-10-12-5-2-1-3-6-12/h4,7-9,12H,1-3,5-6,10-11H2,(H,17,18). The first-order chi connectivity index (χ1) is 9.29. The van der Waals surface area contributed by atoms with Gasteiger partial charge in [0.15, 0.2) is 0 Å². The summed E-state index contributed by atoms with van der Waals surface area (Å²) in [5, 5.41) is 3.03. The van der Waals surface area contributed by atoms with Gasteiger partial charge in [0, 0.05) is 12.1 Å². The molecule has 0 unspecified atom stereocenters. The van der Waals surface area contributed by atoms with Crippen molar-refractivity contribution in [2.45, 2.75) is 32.1 Å². The van der Waals surface area contributed by atoms with Crippen LogP contribution in [0.5, 0.6) is 5.75 Å². The van der Waals surface area contributed by atoms with Crippen LogP contribution in [0.4, 0.5) is 0 Å². The van der Waals surface area contributed by atoms with Crippen molar-refractivity contribution in [1.82, 2.24) is 5.32 Å². The molecule has 4 heteroatoms. The lowest BCUT2D eigenvalue weighted by molar-refractivity contribution is 0.0943. The monoisotopic (exact) mass is 325 g/mol. The molecule has 104 valence electrons. The van der Waals surface area contributed by atoms with Crippen LogP contribution in [0.3, 0.4) is 0 Å². The Morgan fingerprint density at radius 1 is 1.32 bits per heavy atom. The normalized spacial score (nSPS) is 16.1. The van der Waals surface area contributed by atoms with Gasteiger partial charge in [-0.15, -0.1) is 0 Å². The van der Waals surface area contributed by atoms with Gasteiger partial charge in [-0.3, -0.25) is 4.79 Å². The van der Waals surface area contributed by atoms with Gasteiger partial charge in [-0.1, -0.05) is 25.3 Å². The Morgan fingerprint density at radius 2 is 2.11 bits per heavy atom. The Hall–Kier alpha value is -1.03. The van der Waals surface area contributed by atoms with Gasteiger partial charge in [-0.2, -0.15) is 0 Å². The molecule has 0 aliphatic heterocycles. The summed E-state index contributed by atoms with van der Waals surface area (Å²) in [6.07, 6.45) is 6.43. The number of alkyl halides is 1. The van der Waals surface area contributed by atoms with E-state index in [-0.39, 0.29) is 5.91 Å². The molecule has 19 heavy (non-hydrogen) atoms. The summed E-state index contributed by atoms with van der Waals surface area (Å²) in [7, 11) is 0. The molecule has 1 N–H and O–H groups in total. The molecule has 1 amide bonds. The number of carbonyl (C=O) groups is 1. The van der Waals surface area contributed by atoms with Gasteiger partial charge >= 0.3 is 0 Å². The first kappa shape index (κ1) is 14.4. The van der Waals surface area contributed by atoms with Crippen molar-refractivity contribution in [3.05, 3.63) is 29.8 Å². The zero-order chi connectivity index (χ0) is 13.5. The molecule has 0 saturated heterocycles. The third kappa shape index (κ3) is 4.53. The first-order valence-electron chi connectivity index (χ1n) is 6.86. The van der Waals surface area contributed by atoms with E-state index in [1.54, 1.807) is 6.07 Å². The van der Waals surface area contributed by atoms with Crippen LogP contribution in [0, 0.1) is 5.92 Å². The van der Waals surface area contributed by atoms with Crippen LogP contribution in [0.1, 0.15) is 42.5 Å². The summed E-state index contributed by atoms with van der Waals surface area (Å²) >= 11 is 3.21. The van der Waals surface area contributed by atoms with Crippen molar-refractivity contribution in [2.75, 3.05) is 12.1 Å². The lowest BCUT2D eigenvalue weighted by atomic mass is 9.89. The van der Waals surface area contributed by atoms with Crippen molar-refractivity contribution in [1.29, 1.82) is 0 Å². The predicted molar refractivity (Wildman–Crippen MR) is 79.8 cm³/mol. The van der Waals surface area contributed by atoms with Gasteiger partial charge in [0.1, 0.15) is 11.3 Å². The summed E-state index contributed by atoms with van der Waals surface area (Å²) < 4.78 is 5.33. The van der Waals surface area contributed by atoms with Crippen LogP contribution in [0.15, 0.2) is 24.3 Å². The number of hydrogen-bond acceptors (Lipinski definition) is 2. The number of halogens is 1. The highest BCUT2D eigenvalue weighted by Crippen LogP contribution is 2.23. The van der Waals surface area contributed by atoms with Crippen LogP contribution in [0.2, 0.25) is 0 Å². The molecule has 0 aromatic heterocycles. The van der Waals surface area contributed by atoms with Crippen molar-refractivity contribution < 1.29 is 9.53 Å². The summed E-state index contributed by atoms with van der Waals surface area (Å²) in [4.78, 5) is 12.1. The number of nitrogens with one attached hydrogen (secondary N) is 1. The molecule has 1 aromatic carbocycles. The van der Waals surface area contributed by atoms with E-state index >= 15 is 0 Å². The van der Waals surface area contributed by atoms with E-state index in [0.717, 1.165) is 6.54 Å². The third-order valence-electron chi connectivity index (χ3n) is 3.59. The van der Waals surface area contributed by atoms with Crippen molar-refractivity contribution >= 4 is 21.8 Å². The van der Waals surface area contributed by atoms with Gasteiger partial charge in [0.25, 0.3) is 5.91 Å². The average Bonchev–Trinajstić information content (AvgIpc) is 2.46. The summed E-state index contributed by atoms with van der Waals surface area (Å²) in [5.74, 6) is 1.35. The quantitative estimate of drug-likeness (QED) is 0.838. The number of hydrogen-bond donors (Lipinski definition) is 1. The van der Waals surface area contributed by atoms with Crippen molar-refractivity contribution in [3.63, 3.8) is 0 Å². The molecule has 1 saturated carbocycles. The molecule has 0 spiro atoms. The average molecular weight is 326 g/mol. The molecule has 1 aliphatic rings. The molecular weight excluding hydrogens is 306 g/mol. The van der Waals surface area contributed by atoms with Crippen molar-refractivity contribution in [2.24, 2.45) is 5.92 Å². The lowest BCUT2D eigenvalue weighted by Crippen LogP contribution is -2.30. The van der Waals surface area contributed by atoms with E-state index in [4.69, 9.17) is 4.74 Å². The first-order valence-corrected chi connectivity index (χ1v) is 7.99. The molecule has 0 heterocycles. The molecule has 1 fully saturated rings. The summed E-state index contributed by atoms with van der Waals surface area (Å²) in [5.41, 5.74) is 1.09. The van der Waals surface area contributed by atoms with Crippen LogP contribution in [-0.2, 0) is 0 Å². The van der Waals surface area contributed by atoms with E-state index in [9.17, 15) is 4.79 Å². The highest BCUT2D eigenvalue weighted by atomic mass is 79.9. The van der Waals surface area contributed by atoms with E-state index < -0.39 is 0 Å². The molecule has 2 rings (SSSR count). The minimum Gasteiger partial charge on any atom is -0.482 e. The molecular formula is C15H20BrNO2. The van der Waals surface area contributed by atoms with Gasteiger partial charge in [0.2, 0.25) is 0 Å². The fourth-order valence-corrected chi connectivity index (χ4v) is 2.78. The second-order valence-corrected chi connectivity index (χ2v) is 5.45. The lowest BCUT2D eigenvalue weighted by Gasteiger charge is -2.21. The van der Waals surface area contributed by atoms with Crippen LogP contribution in [0.25, 0.3) is 0 Å². The van der Waals surface area contributed by atoms with E-state index in [1.165, 1.54) is 32.1 Å². The SMILES string of the molecule is O=C(NCC1CCCCC1)c1cccc(OCBr)c1. The van der Waals surface area contributed by atoms with E-state index in [1.807, 2.05) is 18.2 Å². The smallest absolute Gasteiger partial charge is 0.251 e. The molecule has 0 bridgehead atoms. The third-order valence-corrected chi connectivity index (χ3v) is 3.82. The van der Waals surface area contributed by atoms with Crippen LogP contribution < -0.4 is 10.1 Å². The highest BCUT2D eigenvalue weighted by molar-refractivity contribution is 9.09. The van der Waals surface area contributed by atoms with Gasteiger partial charge < -0.3 is 10.1 Å². The Labute approximate surface area is 122 Å². The Kier molecular flexibility index (Phi) is 5.70. The van der Waals surface area contributed by atoms with Crippen molar-refractivity contribution in [3.8, 4) is 5.75 Å². The minimum atomic E-state index is -0.00871. The molecule has 1 aliphatic carbocycles. The van der Waals surface area contributed by atoms with Gasteiger partial charge in [-0.25, -0.2) is 0 Å². The highest BCUT2D eigenvalue weighted by Gasteiger charge is 2.15. The van der Waals surface area contributed by atoms with Gasteiger partial charge in [-0.05, 0) is 52.9 Å². The maximum atomic E-state index is 12.1.